The molecular weight excluding hydrogens is 268 g/mol. The van der Waals surface area contributed by atoms with Gasteiger partial charge >= 0.3 is 0 Å². The van der Waals surface area contributed by atoms with Gasteiger partial charge in [-0.1, -0.05) is 0 Å². The zero-order valence-corrected chi connectivity index (χ0v) is 11.6. The number of halogens is 1. The maximum Gasteiger partial charge on any atom is 0.206 e. The van der Waals surface area contributed by atoms with E-state index in [2.05, 4.69) is 10.5 Å². The molecule has 0 saturated carbocycles. The summed E-state index contributed by atoms with van der Waals surface area (Å²) in [5.41, 5.74) is 10.7. The van der Waals surface area contributed by atoms with E-state index in [9.17, 15) is 0 Å². The number of benzene rings is 1. The first-order valence-corrected chi connectivity index (χ1v) is 5.57. The smallest absolute Gasteiger partial charge is 0.206 e. The molecule has 0 heterocycles. The third kappa shape index (κ3) is 3.08. The number of fused-ring (bicyclic) bond motifs is 1. The quantitative estimate of drug-likeness (QED) is 0.442. The van der Waals surface area contributed by atoms with Crippen LogP contribution in [-0.2, 0) is 6.42 Å². The minimum absolute atomic E-state index is 0. The molecule has 7 heteroatoms. The van der Waals surface area contributed by atoms with Crippen LogP contribution in [0.4, 0.5) is 0 Å². The minimum Gasteiger partial charge on any atom is -0.493 e. The van der Waals surface area contributed by atoms with Crippen LogP contribution >= 0.6 is 12.4 Å². The van der Waals surface area contributed by atoms with E-state index in [0.29, 0.717) is 5.75 Å². The number of hydrogen-bond acceptors (Lipinski definition) is 4. The number of rotatable bonds is 3. The second kappa shape index (κ2) is 6.29. The summed E-state index contributed by atoms with van der Waals surface area (Å²) in [6.07, 6.45) is 1.71. The molecule has 0 fully saturated rings. The van der Waals surface area contributed by atoms with Gasteiger partial charge in [0.05, 0.1) is 19.9 Å². The molecule has 6 nitrogen and oxygen atoms in total. The second-order valence-electron chi connectivity index (χ2n) is 3.95. The Hall–Kier alpha value is -1.95. The van der Waals surface area contributed by atoms with Crippen molar-refractivity contribution >= 4 is 24.1 Å². The fourth-order valence-electron chi connectivity index (χ4n) is 2.03. The van der Waals surface area contributed by atoms with Gasteiger partial charge in [-0.25, -0.2) is 5.43 Å². The second-order valence-corrected chi connectivity index (χ2v) is 3.95. The summed E-state index contributed by atoms with van der Waals surface area (Å²) in [7, 11) is 3.22. The Labute approximate surface area is 117 Å². The zero-order chi connectivity index (χ0) is 13.1. The number of nitrogens with two attached hydrogens (primary N) is 1. The van der Waals surface area contributed by atoms with Gasteiger partial charge in [-0.3, -0.25) is 5.41 Å². The van der Waals surface area contributed by atoms with E-state index in [1.165, 1.54) is 0 Å². The number of aryl methyl sites for hydroxylation is 1. The number of nitrogens with one attached hydrogen (secondary N) is 2. The van der Waals surface area contributed by atoms with Crippen molar-refractivity contribution in [1.29, 1.82) is 5.41 Å². The third-order valence-corrected chi connectivity index (χ3v) is 2.86. The highest BCUT2D eigenvalue weighted by Gasteiger charge is 2.21. The van der Waals surface area contributed by atoms with Crippen molar-refractivity contribution in [1.82, 2.24) is 5.43 Å². The van der Waals surface area contributed by atoms with Crippen molar-refractivity contribution in [2.45, 2.75) is 12.8 Å². The summed E-state index contributed by atoms with van der Waals surface area (Å²) in [5.74, 6) is 1.22. The first-order valence-electron chi connectivity index (χ1n) is 5.57. The Kier molecular flexibility index (Phi) is 5.00. The Morgan fingerprint density at radius 2 is 1.89 bits per heavy atom. The molecular formula is C12H17ClN4O2. The molecule has 0 bridgehead atoms. The molecule has 1 aliphatic rings. The molecule has 19 heavy (non-hydrogen) atoms. The maximum absolute atomic E-state index is 7.10. The third-order valence-electron chi connectivity index (χ3n) is 2.86. The number of hydrazone groups is 1. The summed E-state index contributed by atoms with van der Waals surface area (Å²) in [6, 6.07) is 3.87. The summed E-state index contributed by atoms with van der Waals surface area (Å²) < 4.78 is 10.5. The number of hydrogen-bond donors (Lipinski definition) is 3. The lowest BCUT2D eigenvalue weighted by molar-refractivity contribution is 0.354. The fourth-order valence-corrected chi connectivity index (χ4v) is 2.03. The first kappa shape index (κ1) is 15.1. The first-order chi connectivity index (χ1) is 8.65. The molecule has 1 aromatic rings. The van der Waals surface area contributed by atoms with Gasteiger partial charge in [0.25, 0.3) is 0 Å². The van der Waals surface area contributed by atoms with E-state index in [1.807, 2.05) is 12.1 Å². The molecule has 0 aliphatic heterocycles. The van der Waals surface area contributed by atoms with E-state index in [0.717, 1.165) is 35.4 Å². The lowest BCUT2D eigenvalue weighted by Crippen LogP contribution is -2.26. The SMILES string of the molecule is COc1cc2c(cc1OC)C(=NNC(=N)N)CC2.Cl. The molecule has 0 unspecified atom stereocenters. The van der Waals surface area contributed by atoms with Crippen LogP contribution in [0.15, 0.2) is 17.2 Å². The minimum atomic E-state index is -0.170. The van der Waals surface area contributed by atoms with Crippen LogP contribution < -0.4 is 20.6 Å². The summed E-state index contributed by atoms with van der Waals surface area (Å²) in [6.45, 7) is 0. The molecule has 1 aliphatic carbocycles. The fraction of sp³-hybridized carbons (Fsp3) is 0.333. The van der Waals surface area contributed by atoms with Crippen molar-refractivity contribution in [2.24, 2.45) is 10.8 Å². The largest absolute Gasteiger partial charge is 0.493 e. The van der Waals surface area contributed by atoms with Gasteiger partial charge in [0.1, 0.15) is 0 Å². The van der Waals surface area contributed by atoms with Gasteiger partial charge in [0, 0.05) is 5.56 Å². The van der Waals surface area contributed by atoms with Crippen LogP contribution in [0, 0.1) is 5.41 Å². The Morgan fingerprint density at radius 1 is 1.26 bits per heavy atom. The Morgan fingerprint density at radius 3 is 2.47 bits per heavy atom. The van der Waals surface area contributed by atoms with E-state index in [1.54, 1.807) is 14.2 Å². The highest BCUT2D eigenvalue weighted by atomic mass is 35.5. The van der Waals surface area contributed by atoms with Gasteiger partial charge in [-0.15, -0.1) is 12.4 Å². The molecule has 0 amide bonds. The molecule has 2 rings (SSSR count). The summed E-state index contributed by atoms with van der Waals surface area (Å²) in [4.78, 5) is 0. The van der Waals surface area contributed by atoms with Crippen LogP contribution in [0.3, 0.4) is 0 Å². The van der Waals surface area contributed by atoms with Crippen molar-refractivity contribution in [2.75, 3.05) is 14.2 Å². The van der Waals surface area contributed by atoms with Crippen LogP contribution in [0.25, 0.3) is 0 Å². The highest BCUT2D eigenvalue weighted by molar-refractivity contribution is 6.05. The molecule has 104 valence electrons. The van der Waals surface area contributed by atoms with Crippen molar-refractivity contribution < 1.29 is 9.47 Å². The van der Waals surface area contributed by atoms with E-state index >= 15 is 0 Å². The maximum atomic E-state index is 7.10. The van der Waals surface area contributed by atoms with Gasteiger partial charge < -0.3 is 15.2 Å². The predicted molar refractivity (Wildman–Crippen MR) is 76.7 cm³/mol. The van der Waals surface area contributed by atoms with Gasteiger partial charge in [-0.05, 0) is 30.5 Å². The molecule has 4 N–H and O–H groups in total. The summed E-state index contributed by atoms with van der Waals surface area (Å²) >= 11 is 0. The van der Waals surface area contributed by atoms with Crippen LogP contribution in [0.2, 0.25) is 0 Å². The van der Waals surface area contributed by atoms with E-state index < -0.39 is 0 Å². The van der Waals surface area contributed by atoms with Crippen LogP contribution in [0.1, 0.15) is 17.5 Å². The van der Waals surface area contributed by atoms with Gasteiger partial charge in [0.15, 0.2) is 11.5 Å². The topological polar surface area (TPSA) is 92.7 Å². The monoisotopic (exact) mass is 284 g/mol. The molecule has 0 radical (unpaired) electrons. The Balaban J connectivity index is 0.00000180. The average molecular weight is 285 g/mol. The van der Waals surface area contributed by atoms with E-state index in [-0.39, 0.29) is 18.4 Å². The predicted octanol–water partition coefficient (Wildman–Crippen LogP) is 1.26. The zero-order valence-electron chi connectivity index (χ0n) is 10.8. The Bertz CT molecular complexity index is 517. The highest BCUT2D eigenvalue weighted by Crippen LogP contribution is 2.34. The van der Waals surface area contributed by atoms with Gasteiger partial charge in [0.2, 0.25) is 5.96 Å². The van der Waals surface area contributed by atoms with E-state index in [4.69, 9.17) is 20.6 Å². The number of nitrogens with zero attached hydrogens (tertiary/aromatic N) is 1. The molecule has 0 atom stereocenters. The van der Waals surface area contributed by atoms with Crippen molar-refractivity contribution in [3.05, 3.63) is 23.3 Å². The molecule has 1 aromatic carbocycles. The standard InChI is InChI=1S/C12H16N4O2.ClH/c1-17-10-5-7-3-4-9(15-16-12(13)14)8(7)6-11(10)18-2;/h5-6H,3-4H2,1-2H3,(H4,13,14,16);1H. The average Bonchev–Trinajstić information content (AvgIpc) is 2.76. The lowest BCUT2D eigenvalue weighted by atomic mass is 10.1. The van der Waals surface area contributed by atoms with Gasteiger partial charge in [-0.2, -0.15) is 5.10 Å². The van der Waals surface area contributed by atoms with Crippen molar-refractivity contribution in [3.63, 3.8) is 0 Å². The normalized spacial score (nSPS) is 14.5. The molecule has 0 spiro atoms. The number of methoxy groups -OCH3 is 2. The summed E-state index contributed by atoms with van der Waals surface area (Å²) in [5, 5.41) is 11.2. The lowest BCUT2D eigenvalue weighted by Gasteiger charge is -2.10. The number of guanidine groups is 1. The van der Waals surface area contributed by atoms with Crippen LogP contribution in [-0.4, -0.2) is 25.9 Å². The molecule has 0 saturated heterocycles. The number of ether oxygens (including phenoxy) is 2. The van der Waals surface area contributed by atoms with Crippen molar-refractivity contribution in [3.8, 4) is 11.5 Å². The van der Waals surface area contributed by atoms with Crippen LogP contribution in [0.5, 0.6) is 11.5 Å². The molecule has 0 aromatic heterocycles.